The highest BCUT2D eigenvalue weighted by atomic mass is 16.5. The van der Waals surface area contributed by atoms with Crippen LogP contribution in [0.2, 0.25) is 0 Å². The fraction of sp³-hybridized carbons (Fsp3) is 0.545. The Bertz CT molecular complexity index is 366. The molecule has 0 aliphatic carbocycles. The Hall–Kier alpha value is -1.65. The Morgan fingerprint density at radius 2 is 2.12 bits per heavy atom. The third-order valence-corrected chi connectivity index (χ3v) is 1.96. The van der Waals surface area contributed by atoms with Crippen molar-refractivity contribution in [2.75, 3.05) is 13.7 Å². The second kappa shape index (κ2) is 6.05. The van der Waals surface area contributed by atoms with Crippen LogP contribution in [0.3, 0.4) is 0 Å². The van der Waals surface area contributed by atoms with Crippen LogP contribution in [-0.4, -0.2) is 29.7 Å². The highest BCUT2D eigenvalue weighted by Gasteiger charge is 2.08. The molecule has 0 unspecified atom stereocenters. The monoisotopic (exact) mass is 224 g/mol. The SMILES string of the molecule is CCOc1cc(CC(=O)OC)nc(CC)n1. The number of carbonyl (C=O) groups is 1. The first-order valence-corrected chi connectivity index (χ1v) is 5.26. The van der Waals surface area contributed by atoms with Crippen molar-refractivity contribution in [2.45, 2.75) is 26.7 Å². The Morgan fingerprint density at radius 3 is 2.69 bits per heavy atom. The van der Waals surface area contributed by atoms with E-state index in [2.05, 4.69) is 14.7 Å². The number of hydrogen-bond acceptors (Lipinski definition) is 5. The molecular formula is C11H16N2O3. The molecule has 0 saturated heterocycles. The maximum absolute atomic E-state index is 11.1. The molecule has 1 aromatic heterocycles. The molecule has 0 atom stereocenters. The Labute approximate surface area is 94.8 Å². The molecule has 0 aliphatic rings. The lowest BCUT2D eigenvalue weighted by atomic mass is 10.3. The average Bonchev–Trinajstić information content (AvgIpc) is 2.29. The zero-order valence-corrected chi connectivity index (χ0v) is 9.82. The highest BCUT2D eigenvalue weighted by Crippen LogP contribution is 2.11. The molecule has 1 aromatic rings. The van der Waals surface area contributed by atoms with E-state index < -0.39 is 0 Å². The van der Waals surface area contributed by atoms with Gasteiger partial charge in [0.2, 0.25) is 5.88 Å². The van der Waals surface area contributed by atoms with Crippen LogP contribution in [-0.2, 0) is 22.4 Å². The third kappa shape index (κ3) is 3.49. The van der Waals surface area contributed by atoms with Crippen molar-refractivity contribution >= 4 is 5.97 Å². The number of nitrogens with zero attached hydrogens (tertiary/aromatic N) is 2. The predicted molar refractivity (Wildman–Crippen MR) is 58.3 cm³/mol. The summed E-state index contributed by atoms with van der Waals surface area (Å²) in [6.07, 6.45) is 0.848. The smallest absolute Gasteiger partial charge is 0.311 e. The van der Waals surface area contributed by atoms with Crippen molar-refractivity contribution in [3.63, 3.8) is 0 Å². The molecule has 0 bridgehead atoms. The standard InChI is InChI=1S/C11H16N2O3/c1-4-9-12-8(7-11(14)15-3)6-10(13-9)16-5-2/h6H,4-5,7H2,1-3H3. The number of hydrogen-bond donors (Lipinski definition) is 0. The molecule has 0 radical (unpaired) electrons. The van der Waals surface area contributed by atoms with E-state index in [9.17, 15) is 4.79 Å². The molecule has 88 valence electrons. The van der Waals surface area contributed by atoms with Crippen LogP contribution in [0, 0.1) is 0 Å². The van der Waals surface area contributed by atoms with Crippen LogP contribution >= 0.6 is 0 Å². The van der Waals surface area contributed by atoms with E-state index in [1.807, 2.05) is 13.8 Å². The summed E-state index contributed by atoms with van der Waals surface area (Å²) in [5.74, 6) is 0.862. The van der Waals surface area contributed by atoms with Gasteiger partial charge in [-0.2, -0.15) is 4.98 Å². The summed E-state index contributed by atoms with van der Waals surface area (Å²) in [6, 6.07) is 1.67. The molecule has 0 saturated carbocycles. The number of methoxy groups -OCH3 is 1. The first-order valence-electron chi connectivity index (χ1n) is 5.26. The summed E-state index contributed by atoms with van der Waals surface area (Å²) in [4.78, 5) is 19.5. The fourth-order valence-corrected chi connectivity index (χ4v) is 1.22. The number of carbonyl (C=O) groups excluding carboxylic acids is 1. The van der Waals surface area contributed by atoms with Gasteiger partial charge in [-0.05, 0) is 6.92 Å². The summed E-state index contributed by atoms with van der Waals surface area (Å²) >= 11 is 0. The van der Waals surface area contributed by atoms with Gasteiger partial charge in [0.05, 0.1) is 25.8 Å². The molecule has 0 spiro atoms. The molecular weight excluding hydrogens is 208 g/mol. The van der Waals surface area contributed by atoms with E-state index in [-0.39, 0.29) is 12.4 Å². The normalized spacial score (nSPS) is 9.94. The molecule has 0 N–H and O–H groups in total. The van der Waals surface area contributed by atoms with Crippen molar-refractivity contribution in [1.82, 2.24) is 9.97 Å². The van der Waals surface area contributed by atoms with Crippen LogP contribution in [0.25, 0.3) is 0 Å². The Kier molecular flexibility index (Phi) is 4.69. The maximum atomic E-state index is 11.1. The number of aryl methyl sites for hydroxylation is 1. The number of aromatic nitrogens is 2. The lowest BCUT2D eigenvalue weighted by molar-refractivity contribution is -0.139. The topological polar surface area (TPSA) is 61.3 Å². The van der Waals surface area contributed by atoms with Crippen LogP contribution in [0.1, 0.15) is 25.4 Å². The van der Waals surface area contributed by atoms with E-state index in [1.54, 1.807) is 6.07 Å². The lowest BCUT2D eigenvalue weighted by Crippen LogP contribution is -2.09. The van der Waals surface area contributed by atoms with E-state index in [4.69, 9.17) is 4.74 Å². The molecule has 1 heterocycles. The van der Waals surface area contributed by atoms with Gasteiger partial charge in [0, 0.05) is 12.5 Å². The Morgan fingerprint density at radius 1 is 1.38 bits per heavy atom. The third-order valence-electron chi connectivity index (χ3n) is 1.96. The number of rotatable bonds is 5. The van der Waals surface area contributed by atoms with Crippen molar-refractivity contribution < 1.29 is 14.3 Å². The predicted octanol–water partition coefficient (Wildman–Crippen LogP) is 1.15. The minimum Gasteiger partial charge on any atom is -0.478 e. The zero-order chi connectivity index (χ0) is 12.0. The number of esters is 1. The van der Waals surface area contributed by atoms with Gasteiger partial charge in [-0.1, -0.05) is 6.92 Å². The van der Waals surface area contributed by atoms with Gasteiger partial charge in [-0.15, -0.1) is 0 Å². The second-order valence-electron chi connectivity index (χ2n) is 3.15. The van der Waals surface area contributed by atoms with Gasteiger partial charge in [0.1, 0.15) is 5.82 Å². The van der Waals surface area contributed by atoms with E-state index in [1.165, 1.54) is 7.11 Å². The zero-order valence-electron chi connectivity index (χ0n) is 9.82. The first kappa shape index (κ1) is 12.4. The molecule has 5 nitrogen and oxygen atoms in total. The quantitative estimate of drug-likeness (QED) is 0.702. The van der Waals surface area contributed by atoms with Crippen LogP contribution in [0.4, 0.5) is 0 Å². The first-order chi connectivity index (χ1) is 7.69. The largest absolute Gasteiger partial charge is 0.478 e. The van der Waals surface area contributed by atoms with Gasteiger partial charge in [-0.3, -0.25) is 4.79 Å². The van der Waals surface area contributed by atoms with Crippen molar-refractivity contribution in [3.8, 4) is 5.88 Å². The lowest BCUT2D eigenvalue weighted by Gasteiger charge is -2.06. The van der Waals surface area contributed by atoms with Gasteiger partial charge < -0.3 is 9.47 Å². The molecule has 0 amide bonds. The summed E-state index contributed by atoms with van der Waals surface area (Å²) in [5, 5.41) is 0. The summed E-state index contributed by atoms with van der Waals surface area (Å²) in [5.41, 5.74) is 0.627. The van der Waals surface area contributed by atoms with E-state index >= 15 is 0 Å². The van der Waals surface area contributed by atoms with Gasteiger partial charge in [0.25, 0.3) is 0 Å². The summed E-state index contributed by atoms with van der Waals surface area (Å²) < 4.78 is 9.89. The summed E-state index contributed by atoms with van der Waals surface area (Å²) in [7, 11) is 1.35. The van der Waals surface area contributed by atoms with Gasteiger partial charge in [-0.25, -0.2) is 4.98 Å². The minimum absolute atomic E-state index is 0.145. The molecule has 0 fully saturated rings. The van der Waals surface area contributed by atoms with Gasteiger partial charge >= 0.3 is 5.97 Å². The second-order valence-corrected chi connectivity index (χ2v) is 3.15. The van der Waals surface area contributed by atoms with E-state index in [0.717, 1.165) is 0 Å². The molecule has 0 aromatic carbocycles. The molecule has 16 heavy (non-hydrogen) atoms. The minimum atomic E-state index is -0.316. The van der Waals surface area contributed by atoms with Crippen LogP contribution < -0.4 is 4.74 Å². The van der Waals surface area contributed by atoms with Crippen molar-refractivity contribution in [3.05, 3.63) is 17.6 Å². The van der Waals surface area contributed by atoms with Crippen molar-refractivity contribution in [1.29, 1.82) is 0 Å². The highest BCUT2D eigenvalue weighted by molar-refractivity contribution is 5.71. The van der Waals surface area contributed by atoms with Gasteiger partial charge in [0.15, 0.2) is 0 Å². The molecule has 1 rings (SSSR count). The molecule has 0 aliphatic heterocycles. The van der Waals surface area contributed by atoms with Crippen LogP contribution in [0.15, 0.2) is 6.07 Å². The van der Waals surface area contributed by atoms with E-state index in [0.29, 0.717) is 30.4 Å². The van der Waals surface area contributed by atoms with Crippen molar-refractivity contribution in [2.24, 2.45) is 0 Å². The molecule has 5 heteroatoms. The maximum Gasteiger partial charge on any atom is 0.311 e. The average molecular weight is 224 g/mol. The Balaban J connectivity index is 2.90. The fourth-order valence-electron chi connectivity index (χ4n) is 1.22. The number of ether oxygens (including phenoxy) is 2. The summed E-state index contributed by atoms with van der Waals surface area (Å²) in [6.45, 7) is 4.37. The van der Waals surface area contributed by atoms with Crippen LogP contribution in [0.5, 0.6) is 5.88 Å².